The molecule has 1 N–H and O–H groups in total. The molecule has 4 rings (SSSR count). The molecule has 1 spiro atoms. The summed E-state index contributed by atoms with van der Waals surface area (Å²) in [6, 6.07) is 4.13. The Hall–Kier alpha value is -1.43. The van der Waals surface area contributed by atoms with Crippen LogP contribution in [0.1, 0.15) is 35.2 Å². The van der Waals surface area contributed by atoms with Crippen molar-refractivity contribution >= 4 is 28.8 Å². The third kappa shape index (κ3) is 2.96. The highest BCUT2D eigenvalue weighted by Crippen LogP contribution is 2.56. The Labute approximate surface area is 150 Å². The minimum Gasteiger partial charge on any atom is -0.331 e. The van der Waals surface area contributed by atoms with E-state index in [0.29, 0.717) is 28.6 Å². The third-order valence-electron chi connectivity index (χ3n) is 5.32. The van der Waals surface area contributed by atoms with Crippen LogP contribution in [-0.2, 0) is 6.54 Å². The molecule has 1 atom stereocenters. The maximum atomic E-state index is 13.2. The van der Waals surface area contributed by atoms with Crippen molar-refractivity contribution in [2.45, 2.75) is 31.8 Å². The molecule has 1 amide bonds. The van der Waals surface area contributed by atoms with Crippen LogP contribution in [0.5, 0.6) is 0 Å². The summed E-state index contributed by atoms with van der Waals surface area (Å²) < 4.78 is 0. The van der Waals surface area contributed by atoms with Crippen molar-refractivity contribution in [3.05, 3.63) is 51.4 Å². The van der Waals surface area contributed by atoms with Gasteiger partial charge in [0.1, 0.15) is 0 Å². The number of nitrogens with one attached hydrogen (secondary N) is 1. The van der Waals surface area contributed by atoms with Crippen molar-refractivity contribution in [1.82, 2.24) is 15.2 Å². The standard InChI is InChI=1S/C18H20ClN3OS/c19-15-10-21-5-1-14(15)17(23)22(11-13-2-8-24-12-13)16-9-18(16)3-6-20-7-4-18/h1-2,5,8,10,12,16,20H,3-4,6-7,9,11H2/t16-/m0/s1. The zero-order chi connectivity index (χ0) is 16.6. The molecule has 1 aliphatic heterocycles. The first-order valence-corrected chi connectivity index (χ1v) is 9.64. The van der Waals surface area contributed by atoms with Crippen molar-refractivity contribution < 1.29 is 4.79 Å². The van der Waals surface area contributed by atoms with Crippen LogP contribution in [-0.4, -0.2) is 34.9 Å². The van der Waals surface area contributed by atoms with Crippen LogP contribution >= 0.6 is 22.9 Å². The summed E-state index contributed by atoms with van der Waals surface area (Å²) in [4.78, 5) is 19.2. The number of hydrogen-bond acceptors (Lipinski definition) is 4. The van der Waals surface area contributed by atoms with Crippen molar-refractivity contribution in [2.24, 2.45) is 5.41 Å². The first-order chi connectivity index (χ1) is 11.7. The van der Waals surface area contributed by atoms with Gasteiger partial charge in [-0.3, -0.25) is 9.78 Å². The minimum absolute atomic E-state index is 0.0222. The van der Waals surface area contributed by atoms with Gasteiger partial charge >= 0.3 is 0 Å². The molecular weight excluding hydrogens is 342 g/mol. The normalized spacial score (nSPS) is 21.6. The summed E-state index contributed by atoms with van der Waals surface area (Å²) in [7, 11) is 0. The van der Waals surface area contributed by atoms with Gasteiger partial charge in [0.25, 0.3) is 5.91 Å². The summed E-state index contributed by atoms with van der Waals surface area (Å²) in [5, 5.41) is 8.03. The van der Waals surface area contributed by atoms with E-state index in [4.69, 9.17) is 11.6 Å². The van der Waals surface area contributed by atoms with Gasteiger partial charge in [-0.15, -0.1) is 0 Å². The van der Waals surface area contributed by atoms with E-state index >= 15 is 0 Å². The molecule has 0 bridgehead atoms. The Kier molecular flexibility index (Phi) is 4.33. The fourth-order valence-electron chi connectivity index (χ4n) is 3.84. The van der Waals surface area contributed by atoms with Gasteiger partial charge in [-0.2, -0.15) is 11.3 Å². The molecule has 1 saturated heterocycles. The lowest BCUT2D eigenvalue weighted by molar-refractivity contribution is 0.0692. The van der Waals surface area contributed by atoms with Gasteiger partial charge in [0.15, 0.2) is 0 Å². The first-order valence-electron chi connectivity index (χ1n) is 8.32. The molecule has 24 heavy (non-hydrogen) atoms. The molecule has 1 aliphatic carbocycles. The van der Waals surface area contributed by atoms with Crippen molar-refractivity contribution in [3.63, 3.8) is 0 Å². The van der Waals surface area contributed by atoms with E-state index in [1.807, 2.05) is 4.90 Å². The highest BCUT2D eigenvalue weighted by molar-refractivity contribution is 7.07. The smallest absolute Gasteiger partial charge is 0.256 e. The number of nitrogens with zero attached hydrogens (tertiary/aromatic N) is 2. The van der Waals surface area contributed by atoms with Gasteiger partial charge in [0.05, 0.1) is 10.6 Å². The van der Waals surface area contributed by atoms with Gasteiger partial charge in [0, 0.05) is 25.0 Å². The molecule has 2 aromatic rings. The van der Waals surface area contributed by atoms with Crippen molar-refractivity contribution in [3.8, 4) is 0 Å². The number of thiophene rings is 1. The molecule has 2 aliphatic rings. The summed E-state index contributed by atoms with van der Waals surface area (Å²) in [6.45, 7) is 2.75. The number of carbonyl (C=O) groups is 1. The predicted molar refractivity (Wildman–Crippen MR) is 96.4 cm³/mol. The number of rotatable bonds is 4. The molecule has 1 saturated carbocycles. The highest BCUT2D eigenvalue weighted by atomic mass is 35.5. The summed E-state index contributed by atoms with van der Waals surface area (Å²) in [5.74, 6) is 0.0222. The Morgan fingerprint density at radius 1 is 1.42 bits per heavy atom. The summed E-state index contributed by atoms with van der Waals surface area (Å²) in [5.41, 5.74) is 2.04. The Bertz CT molecular complexity index is 728. The number of amides is 1. The van der Waals surface area contributed by atoms with Crippen LogP contribution in [0, 0.1) is 5.41 Å². The van der Waals surface area contributed by atoms with Crippen LogP contribution in [0.4, 0.5) is 0 Å². The fraction of sp³-hybridized carbons (Fsp3) is 0.444. The van der Waals surface area contributed by atoms with Gasteiger partial charge in [-0.1, -0.05) is 11.6 Å². The predicted octanol–water partition coefficient (Wildman–Crippen LogP) is 3.58. The lowest BCUT2D eigenvalue weighted by Gasteiger charge is -2.29. The zero-order valence-electron chi connectivity index (χ0n) is 13.4. The van der Waals surface area contributed by atoms with Crippen molar-refractivity contribution in [1.29, 1.82) is 0 Å². The SMILES string of the molecule is O=C(c1ccncc1Cl)N(Cc1ccsc1)[C@H]1CC12CCNCC2. The van der Waals surface area contributed by atoms with Crippen LogP contribution in [0.25, 0.3) is 0 Å². The van der Waals surface area contributed by atoms with Gasteiger partial charge in [-0.25, -0.2) is 0 Å². The number of carbonyl (C=O) groups excluding carboxylic acids is 1. The highest BCUT2D eigenvalue weighted by Gasteiger charge is 2.57. The fourth-order valence-corrected chi connectivity index (χ4v) is 4.70. The maximum absolute atomic E-state index is 13.2. The van der Waals surface area contributed by atoms with E-state index in [-0.39, 0.29) is 5.91 Å². The second-order valence-electron chi connectivity index (χ2n) is 6.75. The molecule has 126 valence electrons. The number of aromatic nitrogens is 1. The van der Waals surface area contributed by atoms with Crippen LogP contribution in [0.15, 0.2) is 35.3 Å². The van der Waals surface area contributed by atoms with E-state index in [0.717, 1.165) is 32.4 Å². The molecule has 6 heteroatoms. The van der Waals surface area contributed by atoms with E-state index in [1.54, 1.807) is 29.8 Å². The van der Waals surface area contributed by atoms with E-state index in [9.17, 15) is 4.79 Å². The average Bonchev–Trinajstić information content (AvgIpc) is 3.04. The largest absolute Gasteiger partial charge is 0.331 e. The maximum Gasteiger partial charge on any atom is 0.256 e. The molecule has 2 aromatic heterocycles. The second-order valence-corrected chi connectivity index (χ2v) is 7.94. The second kappa shape index (κ2) is 6.47. The number of hydrogen-bond donors (Lipinski definition) is 1. The Balaban J connectivity index is 1.61. The molecule has 0 unspecified atom stereocenters. The monoisotopic (exact) mass is 361 g/mol. The van der Waals surface area contributed by atoms with Gasteiger partial charge in [0.2, 0.25) is 0 Å². The molecule has 4 nitrogen and oxygen atoms in total. The van der Waals surface area contributed by atoms with Gasteiger partial charge < -0.3 is 10.2 Å². The average molecular weight is 362 g/mol. The summed E-state index contributed by atoms with van der Waals surface area (Å²) >= 11 is 7.90. The lowest BCUT2D eigenvalue weighted by atomic mass is 9.93. The Morgan fingerprint density at radius 2 is 2.25 bits per heavy atom. The van der Waals surface area contributed by atoms with Crippen molar-refractivity contribution in [2.75, 3.05) is 13.1 Å². The first kappa shape index (κ1) is 16.1. The third-order valence-corrected chi connectivity index (χ3v) is 6.35. The minimum atomic E-state index is 0.0222. The van der Waals surface area contributed by atoms with Crippen LogP contribution in [0.3, 0.4) is 0 Å². The van der Waals surface area contributed by atoms with Crippen LogP contribution < -0.4 is 5.32 Å². The Morgan fingerprint density at radius 3 is 2.96 bits per heavy atom. The molecule has 2 fully saturated rings. The topological polar surface area (TPSA) is 45.2 Å². The van der Waals surface area contributed by atoms with E-state index < -0.39 is 0 Å². The number of pyridine rings is 1. The lowest BCUT2D eigenvalue weighted by Crippen LogP contribution is -2.39. The number of piperidine rings is 1. The van der Waals surface area contributed by atoms with Crippen LogP contribution in [0.2, 0.25) is 5.02 Å². The summed E-state index contributed by atoms with van der Waals surface area (Å²) in [6.07, 6.45) is 6.58. The quantitative estimate of drug-likeness (QED) is 0.905. The van der Waals surface area contributed by atoms with E-state index in [2.05, 4.69) is 27.1 Å². The number of halogens is 1. The van der Waals surface area contributed by atoms with E-state index in [1.165, 1.54) is 5.56 Å². The zero-order valence-corrected chi connectivity index (χ0v) is 14.9. The molecule has 0 radical (unpaired) electrons. The van der Waals surface area contributed by atoms with Gasteiger partial charge in [-0.05, 0) is 66.2 Å². The molecule has 3 heterocycles. The molecular formula is C18H20ClN3OS. The molecule has 0 aromatic carbocycles.